The van der Waals surface area contributed by atoms with Crippen LogP contribution in [0.2, 0.25) is 0 Å². The molecule has 1 aromatic heterocycles. The van der Waals surface area contributed by atoms with E-state index in [-0.39, 0.29) is 0 Å². The van der Waals surface area contributed by atoms with Gasteiger partial charge in [0.15, 0.2) is 0 Å². The minimum absolute atomic E-state index is 0.553. The SMILES string of the molecule is C[CH]n1nncc1COC. The van der Waals surface area contributed by atoms with Gasteiger partial charge in [0.05, 0.1) is 25.0 Å². The molecule has 4 nitrogen and oxygen atoms in total. The first-order valence-corrected chi connectivity index (χ1v) is 3.06. The molecule has 0 saturated heterocycles. The standard InChI is InChI=1S/C6H10N3O/c1-3-9-6(5-10-2)4-7-8-9/h3-4H,5H2,1-2H3. The summed E-state index contributed by atoms with van der Waals surface area (Å²) in [6, 6.07) is 0. The first kappa shape index (κ1) is 7.21. The van der Waals surface area contributed by atoms with Gasteiger partial charge in [0.1, 0.15) is 0 Å². The molecule has 0 aliphatic rings. The highest BCUT2D eigenvalue weighted by Gasteiger charge is 1.99. The van der Waals surface area contributed by atoms with Gasteiger partial charge in [0.2, 0.25) is 0 Å². The number of methoxy groups -OCH3 is 1. The van der Waals surface area contributed by atoms with Crippen molar-refractivity contribution in [2.45, 2.75) is 13.5 Å². The molecule has 0 unspecified atom stereocenters. The first-order chi connectivity index (χ1) is 4.88. The topological polar surface area (TPSA) is 39.9 Å². The fourth-order valence-electron chi connectivity index (χ4n) is 0.733. The summed E-state index contributed by atoms with van der Waals surface area (Å²) in [4.78, 5) is 0. The van der Waals surface area contributed by atoms with Crippen LogP contribution >= 0.6 is 0 Å². The largest absolute Gasteiger partial charge is 0.378 e. The Kier molecular flexibility index (Phi) is 2.39. The third kappa shape index (κ3) is 1.33. The summed E-state index contributed by atoms with van der Waals surface area (Å²) in [5.74, 6) is 0. The molecule has 0 saturated carbocycles. The molecule has 4 heteroatoms. The number of aromatic nitrogens is 3. The number of hydrogen-bond acceptors (Lipinski definition) is 3. The Morgan fingerprint density at radius 3 is 3.20 bits per heavy atom. The molecule has 0 spiro atoms. The average molecular weight is 140 g/mol. The predicted octanol–water partition coefficient (Wildman–Crippen LogP) is 0.454. The molecule has 0 aliphatic heterocycles. The lowest BCUT2D eigenvalue weighted by atomic mass is 10.5. The zero-order chi connectivity index (χ0) is 7.40. The second kappa shape index (κ2) is 3.31. The Labute approximate surface area is 59.8 Å². The van der Waals surface area contributed by atoms with E-state index in [0.717, 1.165) is 5.69 Å². The Balaban J connectivity index is 2.70. The van der Waals surface area contributed by atoms with Crippen molar-refractivity contribution in [2.24, 2.45) is 0 Å². The van der Waals surface area contributed by atoms with Gasteiger partial charge < -0.3 is 4.74 Å². The van der Waals surface area contributed by atoms with Crippen molar-refractivity contribution in [3.63, 3.8) is 0 Å². The third-order valence-electron chi connectivity index (χ3n) is 1.19. The van der Waals surface area contributed by atoms with Gasteiger partial charge in [-0.1, -0.05) is 5.21 Å². The minimum Gasteiger partial charge on any atom is -0.378 e. The lowest BCUT2D eigenvalue weighted by molar-refractivity contribution is 0.178. The highest BCUT2D eigenvalue weighted by molar-refractivity contribution is 4.93. The summed E-state index contributed by atoms with van der Waals surface area (Å²) in [5.41, 5.74) is 0.963. The van der Waals surface area contributed by atoms with Crippen molar-refractivity contribution < 1.29 is 4.74 Å². The molecule has 0 amide bonds. The van der Waals surface area contributed by atoms with Gasteiger partial charge in [-0.2, -0.15) is 0 Å². The van der Waals surface area contributed by atoms with E-state index < -0.39 is 0 Å². The summed E-state index contributed by atoms with van der Waals surface area (Å²) in [7, 11) is 1.65. The van der Waals surface area contributed by atoms with Crippen molar-refractivity contribution in [2.75, 3.05) is 7.11 Å². The van der Waals surface area contributed by atoms with E-state index in [9.17, 15) is 0 Å². The van der Waals surface area contributed by atoms with Gasteiger partial charge in [-0.25, -0.2) is 4.68 Å². The Morgan fingerprint density at radius 2 is 2.60 bits per heavy atom. The Bertz CT molecular complexity index is 197. The zero-order valence-corrected chi connectivity index (χ0v) is 6.11. The fraction of sp³-hybridized carbons (Fsp3) is 0.500. The molecule has 1 aromatic rings. The smallest absolute Gasteiger partial charge is 0.0897 e. The Morgan fingerprint density at radius 1 is 1.80 bits per heavy atom. The molecule has 55 valence electrons. The summed E-state index contributed by atoms with van der Waals surface area (Å²) in [6.07, 6.45) is 1.68. The summed E-state index contributed by atoms with van der Waals surface area (Å²) < 4.78 is 6.59. The van der Waals surface area contributed by atoms with E-state index in [4.69, 9.17) is 4.74 Å². The molecule has 1 rings (SSSR count). The van der Waals surface area contributed by atoms with Crippen LogP contribution in [-0.2, 0) is 11.3 Å². The van der Waals surface area contributed by atoms with E-state index in [1.165, 1.54) is 0 Å². The van der Waals surface area contributed by atoms with Crippen LogP contribution in [0.15, 0.2) is 6.20 Å². The number of ether oxygens (including phenoxy) is 1. The molecular weight excluding hydrogens is 130 g/mol. The third-order valence-corrected chi connectivity index (χ3v) is 1.19. The zero-order valence-electron chi connectivity index (χ0n) is 6.11. The molecule has 0 fully saturated rings. The van der Waals surface area contributed by atoms with Crippen LogP contribution < -0.4 is 0 Å². The molecular formula is C6H10N3O. The molecule has 0 N–H and O–H groups in total. The number of nitrogens with zero attached hydrogens (tertiary/aromatic N) is 3. The molecule has 0 aliphatic carbocycles. The summed E-state index contributed by atoms with van der Waals surface area (Å²) >= 11 is 0. The normalized spacial score (nSPS) is 10.2. The maximum atomic E-state index is 4.91. The van der Waals surface area contributed by atoms with E-state index in [1.807, 2.05) is 13.5 Å². The van der Waals surface area contributed by atoms with Crippen LogP contribution in [0.3, 0.4) is 0 Å². The fourth-order valence-corrected chi connectivity index (χ4v) is 0.733. The van der Waals surface area contributed by atoms with Gasteiger partial charge in [0.25, 0.3) is 0 Å². The molecule has 1 heterocycles. The minimum atomic E-state index is 0.553. The molecule has 10 heavy (non-hydrogen) atoms. The van der Waals surface area contributed by atoms with E-state index in [1.54, 1.807) is 18.0 Å². The van der Waals surface area contributed by atoms with E-state index in [2.05, 4.69) is 10.3 Å². The molecule has 0 aromatic carbocycles. The lowest BCUT2D eigenvalue weighted by Gasteiger charge is -1.98. The van der Waals surface area contributed by atoms with Crippen molar-refractivity contribution in [3.05, 3.63) is 18.4 Å². The maximum Gasteiger partial charge on any atom is 0.0897 e. The van der Waals surface area contributed by atoms with E-state index in [0.29, 0.717) is 6.61 Å². The van der Waals surface area contributed by atoms with Gasteiger partial charge in [-0.05, 0) is 6.92 Å². The van der Waals surface area contributed by atoms with E-state index >= 15 is 0 Å². The highest BCUT2D eigenvalue weighted by atomic mass is 16.5. The highest BCUT2D eigenvalue weighted by Crippen LogP contribution is 1.97. The van der Waals surface area contributed by atoms with Crippen LogP contribution in [0.1, 0.15) is 12.6 Å². The predicted molar refractivity (Wildman–Crippen MR) is 36.1 cm³/mol. The summed E-state index contributed by atoms with van der Waals surface area (Å²) in [5, 5.41) is 7.50. The second-order valence-electron chi connectivity index (χ2n) is 1.86. The number of rotatable bonds is 3. The van der Waals surface area contributed by atoms with Crippen molar-refractivity contribution in [3.8, 4) is 0 Å². The van der Waals surface area contributed by atoms with Crippen molar-refractivity contribution in [1.29, 1.82) is 0 Å². The number of hydrogen-bond donors (Lipinski definition) is 0. The van der Waals surface area contributed by atoms with Gasteiger partial charge in [-0.3, -0.25) is 0 Å². The van der Waals surface area contributed by atoms with Crippen molar-refractivity contribution >= 4 is 0 Å². The van der Waals surface area contributed by atoms with Gasteiger partial charge in [-0.15, -0.1) is 5.10 Å². The monoisotopic (exact) mass is 140 g/mol. The van der Waals surface area contributed by atoms with Crippen molar-refractivity contribution in [1.82, 2.24) is 15.0 Å². The quantitative estimate of drug-likeness (QED) is 0.612. The van der Waals surface area contributed by atoms with Crippen LogP contribution in [0.5, 0.6) is 0 Å². The van der Waals surface area contributed by atoms with Crippen LogP contribution in [0, 0.1) is 6.54 Å². The van der Waals surface area contributed by atoms with Gasteiger partial charge >= 0.3 is 0 Å². The maximum absolute atomic E-state index is 4.91. The average Bonchev–Trinajstić information content (AvgIpc) is 2.36. The Hall–Kier alpha value is -0.900. The van der Waals surface area contributed by atoms with Gasteiger partial charge in [0, 0.05) is 7.11 Å². The second-order valence-corrected chi connectivity index (χ2v) is 1.86. The molecule has 1 radical (unpaired) electrons. The van der Waals surface area contributed by atoms with Crippen LogP contribution in [0.4, 0.5) is 0 Å². The summed E-state index contributed by atoms with van der Waals surface area (Å²) in [6.45, 7) is 4.28. The van der Waals surface area contributed by atoms with Crippen LogP contribution in [0.25, 0.3) is 0 Å². The van der Waals surface area contributed by atoms with Crippen LogP contribution in [-0.4, -0.2) is 22.1 Å². The molecule has 0 bridgehead atoms. The molecule has 0 atom stereocenters. The lowest BCUT2D eigenvalue weighted by Crippen LogP contribution is -2.01. The first-order valence-electron chi connectivity index (χ1n) is 3.06.